The molecule has 0 spiro atoms. The van der Waals surface area contributed by atoms with Crippen molar-refractivity contribution < 1.29 is 28.6 Å². The maximum Gasteiger partial charge on any atom is 0.229 e. The fourth-order valence-electron chi connectivity index (χ4n) is 3.33. The van der Waals surface area contributed by atoms with E-state index in [1.54, 1.807) is 21.1 Å². The highest BCUT2D eigenvalue weighted by molar-refractivity contribution is 5.98. The molecule has 1 saturated heterocycles. The van der Waals surface area contributed by atoms with Crippen LogP contribution in [0, 0.1) is 5.92 Å². The topological polar surface area (TPSA) is 90.9 Å². The third kappa shape index (κ3) is 8.21. The number of ether oxygens (including phenoxy) is 3. The van der Waals surface area contributed by atoms with Crippen molar-refractivity contribution >= 4 is 17.6 Å². The van der Waals surface area contributed by atoms with Crippen molar-refractivity contribution in [3.63, 3.8) is 0 Å². The zero-order valence-electron chi connectivity index (χ0n) is 21.3. The third-order valence-corrected chi connectivity index (χ3v) is 5.22. The van der Waals surface area contributed by atoms with Crippen molar-refractivity contribution in [2.75, 3.05) is 14.2 Å². The number of carbonyl (C=O) groups is 3. The molecule has 7 heteroatoms. The lowest BCUT2D eigenvalue weighted by atomic mass is 10.0. The van der Waals surface area contributed by atoms with E-state index in [9.17, 15) is 14.4 Å². The number of imide groups is 1. The van der Waals surface area contributed by atoms with Gasteiger partial charge in [-0.3, -0.25) is 19.7 Å². The van der Waals surface area contributed by atoms with Crippen molar-refractivity contribution in [2.45, 2.75) is 60.5 Å². The van der Waals surface area contributed by atoms with Gasteiger partial charge in [-0.15, -0.1) is 0 Å². The molecule has 1 fully saturated rings. The van der Waals surface area contributed by atoms with Gasteiger partial charge in [0.2, 0.25) is 11.8 Å². The lowest BCUT2D eigenvalue weighted by Crippen LogP contribution is -2.39. The zero-order chi connectivity index (χ0) is 25.7. The second-order valence-electron chi connectivity index (χ2n) is 7.52. The summed E-state index contributed by atoms with van der Waals surface area (Å²) in [5.41, 5.74) is 2.63. The molecule has 1 aliphatic rings. The summed E-state index contributed by atoms with van der Waals surface area (Å²) in [5, 5.41) is 2.25. The van der Waals surface area contributed by atoms with Crippen LogP contribution in [0.5, 0.6) is 17.2 Å². The minimum Gasteiger partial charge on any atom is -0.493 e. The molecule has 1 atom stereocenters. The van der Waals surface area contributed by atoms with E-state index < -0.39 is 0 Å². The van der Waals surface area contributed by atoms with Gasteiger partial charge in [-0.2, -0.15) is 0 Å². The molecule has 1 unspecified atom stereocenters. The number of amides is 2. The molecule has 1 N–H and O–H groups in total. The summed E-state index contributed by atoms with van der Waals surface area (Å²) in [6.45, 7) is 9.81. The first kappa shape index (κ1) is 28.7. The van der Waals surface area contributed by atoms with Gasteiger partial charge in [0.15, 0.2) is 17.3 Å². The molecule has 2 aromatic carbocycles. The number of nitrogens with one attached hydrogen (secondary N) is 1. The molecule has 2 amide bonds. The van der Waals surface area contributed by atoms with Crippen LogP contribution < -0.4 is 19.5 Å². The zero-order valence-corrected chi connectivity index (χ0v) is 21.3. The van der Waals surface area contributed by atoms with Crippen molar-refractivity contribution in [3.8, 4) is 17.2 Å². The monoisotopic (exact) mass is 471 g/mol. The number of piperidine rings is 1. The van der Waals surface area contributed by atoms with E-state index in [1.807, 2.05) is 64.1 Å². The second-order valence-corrected chi connectivity index (χ2v) is 7.52. The second kappa shape index (κ2) is 14.7. The van der Waals surface area contributed by atoms with Gasteiger partial charge in [0.05, 0.1) is 14.2 Å². The summed E-state index contributed by atoms with van der Waals surface area (Å²) < 4.78 is 16.5. The molecular formula is C27H37NO6. The van der Waals surface area contributed by atoms with E-state index in [2.05, 4.69) is 5.32 Å². The fraction of sp³-hybridized carbons (Fsp3) is 0.444. The maximum atomic E-state index is 11.7. The predicted molar refractivity (Wildman–Crippen MR) is 133 cm³/mol. The molecule has 0 bridgehead atoms. The molecule has 0 aliphatic carbocycles. The van der Waals surface area contributed by atoms with Crippen molar-refractivity contribution in [1.29, 1.82) is 0 Å². The van der Waals surface area contributed by atoms with Crippen LogP contribution in [0.3, 0.4) is 0 Å². The van der Waals surface area contributed by atoms with Gasteiger partial charge in [0.1, 0.15) is 12.4 Å². The highest BCUT2D eigenvalue weighted by atomic mass is 16.5. The van der Waals surface area contributed by atoms with E-state index in [4.69, 9.17) is 14.2 Å². The summed E-state index contributed by atoms with van der Waals surface area (Å²) in [7, 11) is 3.21. The molecular weight excluding hydrogens is 434 g/mol. The summed E-state index contributed by atoms with van der Waals surface area (Å²) in [4.78, 5) is 32.9. The van der Waals surface area contributed by atoms with Gasteiger partial charge in [0.25, 0.3) is 0 Å². The van der Waals surface area contributed by atoms with Crippen molar-refractivity contribution in [2.24, 2.45) is 5.92 Å². The molecule has 1 heterocycles. The number of rotatable bonds is 7. The normalized spacial score (nSPS) is 14.5. The first-order valence-corrected chi connectivity index (χ1v) is 11.6. The van der Waals surface area contributed by atoms with Crippen LogP contribution in [0.25, 0.3) is 0 Å². The van der Waals surface area contributed by atoms with Gasteiger partial charge in [0, 0.05) is 23.5 Å². The van der Waals surface area contributed by atoms with E-state index in [0.717, 1.165) is 28.9 Å². The Morgan fingerprint density at radius 2 is 1.71 bits per heavy atom. The fourth-order valence-corrected chi connectivity index (χ4v) is 3.33. The Morgan fingerprint density at radius 3 is 2.24 bits per heavy atom. The predicted octanol–water partition coefficient (Wildman–Crippen LogP) is 5.13. The Morgan fingerprint density at radius 1 is 1.03 bits per heavy atom. The van der Waals surface area contributed by atoms with Crippen LogP contribution in [0.2, 0.25) is 0 Å². The highest BCUT2D eigenvalue weighted by Gasteiger charge is 2.21. The Balaban J connectivity index is 0.000000437. The van der Waals surface area contributed by atoms with Crippen molar-refractivity contribution in [1.82, 2.24) is 5.32 Å². The first-order chi connectivity index (χ1) is 16.3. The lowest BCUT2D eigenvalue weighted by molar-refractivity contribution is -0.135. The minimum atomic E-state index is -0.141. The molecule has 34 heavy (non-hydrogen) atoms. The SMILES string of the molecule is CC.CC1CCC(=O)NC1=O.CCc1c(OCc2ccc(OC)c(OC)c2)cccc1C(C)=O. The van der Waals surface area contributed by atoms with E-state index in [0.29, 0.717) is 30.9 Å². The first-order valence-electron chi connectivity index (χ1n) is 11.6. The van der Waals surface area contributed by atoms with Gasteiger partial charge in [-0.05, 0) is 43.5 Å². The average molecular weight is 472 g/mol. The Bertz CT molecular complexity index is 970. The van der Waals surface area contributed by atoms with Gasteiger partial charge in [-0.1, -0.05) is 45.9 Å². The number of ketones is 1. The quantitative estimate of drug-likeness (QED) is 0.444. The van der Waals surface area contributed by atoms with Gasteiger partial charge < -0.3 is 14.2 Å². The number of hydrogen-bond acceptors (Lipinski definition) is 6. The highest BCUT2D eigenvalue weighted by Crippen LogP contribution is 2.29. The molecule has 0 saturated carbocycles. The largest absolute Gasteiger partial charge is 0.493 e. The van der Waals surface area contributed by atoms with Crippen LogP contribution in [0.1, 0.15) is 68.9 Å². The molecule has 7 nitrogen and oxygen atoms in total. The Hall–Kier alpha value is -3.35. The summed E-state index contributed by atoms with van der Waals surface area (Å²) in [5.74, 6) is 1.89. The van der Waals surface area contributed by atoms with Crippen LogP contribution in [-0.2, 0) is 22.6 Å². The number of hydrogen-bond donors (Lipinski definition) is 1. The third-order valence-electron chi connectivity index (χ3n) is 5.22. The molecule has 3 rings (SSSR count). The smallest absolute Gasteiger partial charge is 0.229 e. The standard InChI is InChI=1S/C19H22O4.C6H9NO2.C2H6/c1-5-15-16(13(2)20)7-6-8-17(15)23-12-14-9-10-18(21-3)19(11-14)22-4;1-4-2-3-5(8)7-6(4)9;1-2/h6-11H,5,12H2,1-4H3;4H,2-3H2,1H3,(H,7,8,9);1-2H3. The van der Waals surface area contributed by atoms with E-state index in [1.165, 1.54) is 0 Å². The number of benzene rings is 2. The molecule has 0 aromatic heterocycles. The van der Waals surface area contributed by atoms with Crippen LogP contribution in [-0.4, -0.2) is 31.8 Å². The van der Waals surface area contributed by atoms with Crippen molar-refractivity contribution in [3.05, 3.63) is 53.1 Å². The summed E-state index contributed by atoms with van der Waals surface area (Å²) >= 11 is 0. The average Bonchev–Trinajstić information content (AvgIpc) is 2.86. The number of carbonyl (C=O) groups excluding carboxylic acids is 3. The summed E-state index contributed by atoms with van der Waals surface area (Å²) in [6.07, 6.45) is 1.94. The minimum absolute atomic E-state index is 0.0164. The lowest BCUT2D eigenvalue weighted by Gasteiger charge is -2.15. The molecule has 0 radical (unpaired) electrons. The molecule has 1 aliphatic heterocycles. The molecule has 186 valence electrons. The van der Waals surface area contributed by atoms with E-state index in [-0.39, 0.29) is 23.5 Å². The van der Waals surface area contributed by atoms with Gasteiger partial charge >= 0.3 is 0 Å². The van der Waals surface area contributed by atoms with Crippen LogP contribution in [0.15, 0.2) is 36.4 Å². The van der Waals surface area contributed by atoms with Crippen LogP contribution >= 0.6 is 0 Å². The summed E-state index contributed by atoms with van der Waals surface area (Å²) in [6, 6.07) is 11.3. The Kier molecular flexibility index (Phi) is 12.4. The maximum absolute atomic E-state index is 11.7. The Labute approximate surface area is 202 Å². The van der Waals surface area contributed by atoms with Crippen LogP contribution in [0.4, 0.5) is 0 Å². The molecule has 2 aromatic rings. The number of Topliss-reactive ketones (excluding diaryl/α,β-unsaturated/α-hetero) is 1. The number of methoxy groups -OCH3 is 2. The van der Waals surface area contributed by atoms with Gasteiger partial charge in [-0.25, -0.2) is 0 Å². The van der Waals surface area contributed by atoms with E-state index >= 15 is 0 Å².